The largest absolute Gasteiger partial charge is 0.494 e. The highest BCUT2D eigenvalue weighted by Crippen LogP contribution is 2.17. The second-order valence-corrected chi connectivity index (χ2v) is 4.73. The van der Waals surface area contributed by atoms with Gasteiger partial charge in [0.05, 0.1) is 6.61 Å². The zero-order chi connectivity index (χ0) is 15.8. The first-order chi connectivity index (χ1) is 10.7. The summed E-state index contributed by atoms with van der Waals surface area (Å²) < 4.78 is 5.53. The van der Waals surface area contributed by atoms with Gasteiger partial charge in [0.1, 0.15) is 11.6 Å². The van der Waals surface area contributed by atoms with Gasteiger partial charge in [0, 0.05) is 30.1 Å². The highest BCUT2D eigenvalue weighted by atomic mass is 16.5. The summed E-state index contributed by atoms with van der Waals surface area (Å²) in [5.41, 5.74) is 7.17. The summed E-state index contributed by atoms with van der Waals surface area (Å²) in [5.74, 6) is 1.15. The molecule has 0 saturated heterocycles. The lowest BCUT2D eigenvalue weighted by molar-refractivity contribution is 0.251. The number of anilines is 2. The number of hydrogen-bond acceptors (Lipinski definition) is 4. The molecule has 0 radical (unpaired) electrons. The molecule has 2 rings (SSSR count). The Kier molecular flexibility index (Phi) is 5.59. The van der Waals surface area contributed by atoms with E-state index in [1.807, 2.05) is 25.1 Å². The number of nitrogens with one attached hydrogen (secondary N) is 2. The zero-order valence-corrected chi connectivity index (χ0v) is 12.5. The first-order valence-corrected chi connectivity index (χ1v) is 7.16. The molecule has 116 valence electrons. The van der Waals surface area contributed by atoms with Gasteiger partial charge in [-0.3, -0.25) is 0 Å². The normalized spacial score (nSPS) is 10.0. The molecule has 6 nitrogen and oxygen atoms in total. The highest BCUT2D eigenvalue weighted by molar-refractivity contribution is 5.89. The van der Waals surface area contributed by atoms with Crippen LogP contribution in [0.15, 0.2) is 42.6 Å². The number of nitrogens with zero attached hydrogens (tertiary/aromatic N) is 1. The highest BCUT2D eigenvalue weighted by Gasteiger charge is 2.05. The smallest absolute Gasteiger partial charge is 0.319 e. The minimum Gasteiger partial charge on any atom is -0.494 e. The van der Waals surface area contributed by atoms with Gasteiger partial charge in [-0.15, -0.1) is 0 Å². The van der Waals surface area contributed by atoms with Gasteiger partial charge in [0.15, 0.2) is 0 Å². The fourth-order valence-corrected chi connectivity index (χ4v) is 1.83. The van der Waals surface area contributed by atoms with E-state index in [2.05, 4.69) is 15.6 Å². The van der Waals surface area contributed by atoms with Crippen molar-refractivity contribution >= 4 is 17.5 Å². The minimum absolute atomic E-state index is 0.309. The minimum atomic E-state index is -0.309. The van der Waals surface area contributed by atoms with Crippen molar-refractivity contribution in [1.82, 2.24) is 10.3 Å². The van der Waals surface area contributed by atoms with Gasteiger partial charge in [-0.25, -0.2) is 9.78 Å². The molecule has 2 aromatic rings. The Bertz CT molecular complexity index is 631. The molecule has 1 heterocycles. The molecule has 0 aliphatic rings. The molecular weight excluding hydrogens is 280 g/mol. The third-order valence-corrected chi connectivity index (χ3v) is 2.93. The summed E-state index contributed by atoms with van der Waals surface area (Å²) >= 11 is 0. The zero-order valence-electron chi connectivity index (χ0n) is 12.5. The predicted molar refractivity (Wildman–Crippen MR) is 86.7 cm³/mol. The Morgan fingerprint density at radius 2 is 2.18 bits per heavy atom. The summed E-state index contributed by atoms with van der Waals surface area (Å²) in [7, 11) is 0. The molecule has 4 N–H and O–H groups in total. The molecule has 0 bridgehead atoms. The van der Waals surface area contributed by atoms with E-state index in [0.29, 0.717) is 24.7 Å². The molecule has 0 atom stereocenters. The molecular formula is C16H20N4O2. The van der Waals surface area contributed by atoms with Crippen LogP contribution in [0.5, 0.6) is 5.75 Å². The quantitative estimate of drug-likeness (QED) is 0.765. The van der Waals surface area contributed by atoms with E-state index in [1.165, 1.54) is 0 Å². The average molecular weight is 300 g/mol. The summed E-state index contributed by atoms with van der Waals surface area (Å²) in [4.78, 5) is 15.9. The average Bonchev–Trinajstić information content (AvgIpc) is 2.52. The van der Waals surface area contributed by atoms with Crippen molar-refractivity contribution in [1.29, 1.82) is 0 Å². The van der Waals surface area contributed by atoms with Gasteiger partial charge in [0.2, 0.25) is 0 Å². The van der Waals surface area contributed by atoms with Crippen LogP contribution < -0.4 is 21.1 Å². The Labute approximate surface area is 129 Å². The van der Waals surface area contributed by atoms with Gasteiger partial charge >= 0.3 is 6.03 Å². The first-order valence-electron chi connectivity index (χ1n) is 7.16. The lowest BCUT2D eigenvalue weighted by atomic mass is 10.2. The topological polar surface area (TPSA) is 89.3 Å². The number of hydrogen-bond donors (Lipinski definition) is 3. The maximum absolute atomic E-state index is 11.9. The molecule has 0 unspecified atom stereocenters. The van der Waals surface area contributed by atoms with E-state index in [1.54, 1.807) is 24.4 Å². The molecule has 0 saturated carbocycles. The molecule has 0 aliphatic carbocycles. The molecule has 2 amide bonds. The lowest BCUT2D eigenvalue weighted by Gasteiger charge is -2.10. The van der Waals surface area contributed by atoms with Crippen LogP contribution in [0.1, 0.15) is 18.9 Å². The van der Waals surface area contributed by atoms with E-state index in [0.717, 1.165) is 17.7 Å². The molecule has 22 heavy (non-hydrogen) atoms. The number of nitrogen functional groups attached to an aromatic ring is 1. The number of carbonyl (C=O) groups excluding carboxylic acids is 1. The second-order valence-electron chi connectivity index (χ2n) is 4.73. The third-order valence-electron chi connectivity index (χ3n) is 2.93. The number of aromatic nitrogens is 1. The van der Waals surface area contributed by atoms with Gasteiger partial charge in [0.25, 0.3) is 0 Å². The van der Waals surface area contributed by atoms with E-state index < -0.39 is 0 Å². The number of ether oxygens (including phenoxy) is 1. The van der Waals surface area contributed by atoms with Gasteiger partial charge in [-0.05, 0) is 24.6 Å². The van der Waals surface area contributed by atoms with Gasteiger partial charge in [-0.2, -0.15) is 0 Å². The lowest BCUT2D eigenvalue weighted by Crippen LogP contribution is -2.28. The number of benzene rings is 1. The number of nitrogens with two attached hydrogens (primary N) is 1. The maximum Gasteiger partial charge on any atom is 0.319 e. The number of pyridine rings is 1. The van der Waals surface area contributed by atoms with E-state index in [9.17, 15) is 4.79 Å². The summed E-state index contributed by atoms with van der Waals surface area (Å²) in [6, 6.07) is 10.6. The second kappa shape index (κ2) is 7.87. The number of amides is 2. The van der Waals surface area contributed by atoms with Crippen LogP contribution in [0.25, 0.3) is 0 Å². The molecule has 0 aliphatic heterocycles. The van der Waals surface area contributed by atoms with Crippen LogP contribution in [0.3, 0.4) is 0 Å². The third kappa shape index (κ3) is 4.66. The van der Waals surface area contributed by atoms with Crippen molar-refractivity contribution in [2.45, 2.75) is 19.9 Å². The van der Waals surface area contributed by atoms with E-state index >= 15 is 0 Å². The van der Waals surface area contributed by atoms with E-state index in [-0.39, 0.29) is 6.03 Å². The predicted octanol–water partition coefficient (Wildman–Crippen LogP) is 2.77. The number of urea groups is 1. The monoisotopic (exact) mass is 300 g/mol. The molecule has 1 aromatic heterocycles. The number of carbonyl (C=O) groups is 1. The Hall–Kier alpha value is -2.76. The Morgan fingerprint density at radius 1 is 1.32 bits per heavy atom. The van der Waals surface area contributed by atoms with E-state index in [4.69, 9.17) is 10.5 Å². The van der Waals surface area contributed by atoms with Crippen LogP contribution in [0.2, 0.25) is 0 Å². The van der Waals surface area contributed by atoms with Crippen LogP contribution >= 0.6 is 0 Å². The Balaban J connectivity index is 1.88. The molecule has 0 spiro atoms. The summed E-state index contributed by atoms with van der Waals surface area (Å²) in [6.45, 7) is 3.01. The van der Waals surface area contributed by atoms with Crippen molar-refractivity contribution in [2.24, 2.45) is 0 Å². The summed E-state index contributed by atoms with van der Waals surface area (Å²) in [6.07, 6.45) is 2.55. The molecule has 0 fully saturated rings. The van der Waals surface area contributed by atoms with Crippen LogP contribution in [-0.4, -0.2) is 17.6 Å². The summed E-state index contributed by atoms with van der Waals surface area (Å²) in [5, 5.41) is 5.50. The standard InChI is InChI=1S/C16H20N4O2/c1-2-9-22-14-7-3-6-13(10-14)20-16(21)19-11-12-5-4-8-18-15(12)17/h3-8,10H,2,9,11H2,1H3,(H2,17,18)(H2,19,20,21). The number of rotatable bonds is 6. The van der Waals surface area contributed by atoms with Gasteiger partial charge in [-0.1, -0.05) is 19.1 Å². The van der Waals surface area contributed by atoms with Crippen molar-refractivity contribution < 1.29 is 9.53 Å². The van der Waals surface area contributed by atoms with Crippen molar-refractivity contribution in [3.8, 4) is 5.75 Å². The fourth-order valence-electron chi connectivity index (χ4n) is 1.83. The SMILES string of the molecule is CCCOc1cccc(NC(=O)NCc2cccnc2N)c1. The van der Waals surface area contributed by atoms with Crippen LogP contribution in [0, 0.1) is 0 Å². The fraction of sp³-hybridized carbons (Fsp3) is 0.250. The maximum atomic E-state index is 11.9. The first kappa shape index (κ1) is 15.6. The van der Waals surface area contributed by atoms with Crippen molar-refractivity contribution in [3.05, 3.63) is 48.2 Å². The van der Waals surface area contributed by atoms with Crippen LogP contribution in [-0.2, 0) is 6.54 Å². The van der Waals surface area contributed by atoms with Crippen molar-refractivity contribution in [2.75, 3.05) is 17.7 Å². The molecule has 1 aromatic carbocycles. The van der Waals surface area contributed by atoms with Crippen molar-refractivity contribution in [3.63, 3.8) is 0 Å². The molecule has 6 heteroatoms. The van der Waals surface area contributed by atoms with Crippen LogP contribution in [0.4, 0.5) is 16.3 Å². The Morgan fingerprint density at radius 3 is 2.95 bits per heavy atom. The van der Waals surface area contributed by atoms with Gasteiger partial charge < -0.3 is 21.1 Å².